The Bertz CT molecular complexity index is 332. The summed E-state index contributed by atoms with van der Waals surface area (Å²) >= 11 is 0. The summed E-state index contributed by atoms with van der Waals surface area (Å²) in [4.78, 5) is 4.57. The number of guanidine groups is 1. The Morgan fingerprint density at radius 2 is 2.23 bits per heavy atom. The van der Waals surface area contributed by atoms with Gasteiger partial charge < -0.3 is 25.2 Å². The lowest BCUT2D eigenvalue weighted by atomic mass is 10.1. The van der Waals surface area contributed by atoms with E-state index in [1.165, 1.54) is 0 Å². The van der Waals surface area contributed by atoms with E-state index in [1.807, 2.05) is 0 Å². The van der Waals surface area contributed by atoms with Crippen LogP contribution in [0.1, 0.15) is 32.6 Å². The maximum Gasteiger partial charge on any atom is 0.191 e. The molecule has 3 N–H and O–H groups in total. The van der Waals surface area contributed by atoms with Crippen molar-refractivity contribution < 1.29 is 14.6 Å². The van der Waals surface area contributed by atoms with Crippen molar-refractivity contribution in [2.24, 2.45) is 10.4 Å². The zero-order chi connectivity index (χ0) is 15.0. The van der Waals surface area contributed by atoms with E-state index in [4.69, 9.17) is 9.47 Å². The topological polar surface area (TPSA) is 75.1 Å². The maximum absolute atomic E-state index is 9.31. The van der Waals surface area contributed by atoms with Crippen molar-refractivity contribution in [2.45, 2.75) is 38.7 Å². The third-order valence-corrected chi connectivity index (χ3v) is 4.06. The fourth-order valence-electron chi connectivity index (χ4n) is 2.30. The minimum Gasteiger partial charge on any atom is -0.396 e. The van der Waals surface area contributed by atoms with Crippen LogP contribution in [0.3, 0.4) is 0 Å². The van der Waals surface area contributed by atoms with Gasteiger partial charge in [0.25, 0.3) is 0 Å². The second-order valence-corrected chi connectivity index (χ2v) is 5.99. The highest BCUT2D eigenvalue weighted by Crippen LogP contribution is 2.45. The molecule has 1 aliphatic heterocycles. The number of halogens is 1. The third kappa shape index (κ3) is 6.97. The van der Waals surface area contributed by atoms with Crippen molar-refractivity contribution in [2.75, 3.05) is 46.1 Å². The molecule has 130 valence electrons. The van der Waals surface area contributed by atoms with Crippen LogP contribution in [-0.2, 0) is 9.47 Å². The van der Waals surface area contributed by atoms with Crippen LogP contribution in [0, 0.1) is 5.41 Å². The lowest BCUT2D eigenvalue weighted by Gasteiger charge is -2.14. The van der Waals surface area contributed by atoms with Crippen molar-refractivity contribution in [3.8, 4) is 0 Å². The van der Waals surface area contributed by atoms with Gasteiger partial charge in [0, 0.05) is 31.7 Å². The monoisotopic (exact) mass is 427 g/mol. The summed E-state index contributed by atoms with van der Waals surface area (Å²) in [5.41, 5.74) is 0.0634. The molecule has 1 heterocycles. The van der Waals surface area contributed by atoms with E-state index in [0.717, 1.165) is 64.6 Å². The number of nitrogens with zero attached hydrogens (tertiary/aromatic N) is 1. The van der Waals surface area contributed by atoms with E-state index in [0.29, 0.717) is 6.54 Å². The second-order valence-electron chi connectivity index (χ2n) is 5.99. The SMILES string of the molecule is CCNC(=NCC1(CO)CC1)NCCCOC1CCOC1.I. The van der Waals surface area contributed by atoms with Crippen molar-refractivity contribution >= 4 is 29.9 Å². The van der Waals surface area contributed by atoms with Gasteiger partial charge in [-0.15, -0.1) is 24.0 Å². The van der Waals surface area contributed by atoms with Crippen molar-refractivity contribution in [3.05, 3.63) is 0 Å². The number of nitrogens with one attached hydrogen (secondary N) is 2. The number of aliphatic hydroxyl groups is 1. The average Bonchev–Trinajstić information content (AvgIpc) is 3.10. The summed E-state index contributed by atoms with van der Waals surface area (Å²) in [5.74, 6) is 0.835. The summed E-state index contributed by atoms with van der Waals surface area (Å²) in [7, 11) is 0. The molecule has 2 rings (SSSR count). The summed E-state index contributed by atoms with van der Waals surface area (Å²) in [6.45, 7) is 7.00. The lowest BCUT2D eigenvalue weighted by molar-refractivity contribution is 0.0420. The molecule has 1 saturated carbocycles. The zero-order valence-corrected chi connectivity index (χ0v) is 15.8. The quantitative estimate of drug-likeness (QED) is 0.223. The van der Waals surface area contributed by atoms with Crippen LogP contribution in [-0.4, -0.2) is 63.2 Å². The molecule has 7 heteroatoms. The predicted octanol–water partition coefficient (Wildman–Crippen LogP) is 1.13. The van der Waals surface area contributed by atoms with Crippen LogP contribution in [0.15, 0.2) is 4.99 Å². The molecule has 1 unspecified atom stereocenters. The van der Waals surface area contributed by atoms with Crippen molar-refractivity contribution in [1.29, 1.82) is 0 Å². The van der Waals surface area contributed by atoms with Gasteiger partial charge in [-0.25, -0.2) is 0 Å². The van der Waals surface area contributed by atoms with Gasteiger partial charge in [0.2, 0.25) is 0 Å². The molecule has 0 bridgehead atoms. The molecule has 1 atom stereocenters. The molecule has 1 saturated heterocycles. The van der Waals surface area contributed by atoms with Crippen LogP contribution in [0.4, 0.5) is 0 Å². The summed E-state index contributed by atoms with van der Waals surface area (Å²) < 4.78 is 11.0. The number of aliphatic hydroxyl groups excluding tert-OH is 1. The van der Waals surface area contributed by atoms with Gasteiger partial charge in [-0.1, -0.05) is 0 Å². The first-order valence-corrected chi connectivity index (χ1v) is 8.10. The highest BCUT2D eigenvalue weighted by atomic mass is 127. The van der Waals surface area contributed by atoms with Crippen molar-refractivity contribution in [3.63, 3.8) is 0 Å². The molecule has 2 aliphatic rings. The Kier molecular flexibility index (Phi) is 9.62. The molecule has 0 aromatic heterocycles. The largest absolute Gasteiger partial charge is 0.396 e. The van der Waals surface area contributed by atoms with Gasteiger partial charge in [0.05, 0.1) is 25.9 Å². The number of aliphatic imine (C=N–C) groups is 1. The van der Waals surface area contributed by atoms with E-state index in [-0.39, 0.29) is 42.1 Å². The first-order valence-electron chi connectivity index (χ1n) is 8.10. The first kappa shape index (κ1) is 19.9. The molecular formula is C15H30IN3O3. The van der Waals surface area contributed by atoms with Gasteiger partial charge >= 0.3 is 0 Å². The maximum atomic E-state index is 9.31. The molecule has 22 heavy (non-hydrogen) atoms. The minimum absolute atomic E-state index is 0. The van der Waals surface area contributed by atoms with Gasteiger partial charge in [-0.3, -0.25) is 4.99 Å². The predicted molar refractivity (Wildman–Crippen MR) is 97.9 cm³/mol. The summed E-state index contributed by atoms with van der Waals surface area (Å²) in [5, 5.41) is 15.9. The smallest absolute Gasteiger partial charge is 0.191 e. The van der Waals surface area contributed by atoms with E-state index in [2.05, 4.69) is 22.5 Å². The van der Waals surface area contributed by atoms with Crippen LogP contribution >= 0.6 is 24.0 Å². The third-order valence-electron chi connectivity index (χ3n) is 4.06. The second kappa shape index (κ2) is 10.6. The molecule has 0 amide bonds. The fourth-order valence-corrected chi connectivity index (χ4v) is 2.30. The zero-order valence-electron chi connectivity index (χ0n) is 13.5. The van der Waals surface area contributed by atoms with Crippen LogP contribution in [0.5, 0.6) is 0 Å². The molecule has 0 radical (unpaired) electrons. The number of hydrogen-bond acceptors (Lipinski definition) is 4. The number of ether oxygens (including phenoxy) is 2. The Morgan fingerprint density at radius 3 is 2.82 bits per heavy atom. The first-order chi connectivity index (χ1) is 10.3. The van der Waals surface area contributed by atoms with Gasteiger partial charge in [-0.2, -0.15) is 0 Å². The normalized spacial score (nSPS) is 23.0. The number of hydrogen-bond donors (Lipinski definition) is 3. The standard InChI is InChI=1S/C15H29N3O3.HI/c1-2-16-14(18-11-15(12-19)5-6-15)17-7-3-8-21-13-4-9-20-10-13;/h13,19H,2-12H2,1H3,(H2,16,17,18);1H. The molecular weight excluding hydrogens is 397 g/mol. The van der Waals surface area contributed by atoms with E-state index in [9.17, 15) is 5.11 Å². The van der Waals surface area contributed by atoms with E-state index in [1.54, 1.807) is 0 Å². The fraction of sp³-hybridized carbons (Fsp3) is 0.933. The highest BCUT2D eigenvalue weighted by Gasteiger charge is 2.41. The number of rotatable bonds is 9. The van der Waals surface area contributed by atoms with Crippen LogP contribution < -0.4 is 10.6 Å². The average molecular weight is 427 g/mol. The minimum atomic E-state index is 0. The Hall–Kier alpha value is -0.120. The summed E-state index contributed by atoms with van der Waals surface area (Å²) in [6.07, 6.45) is 4.42. The van der Waals surface area contributed by atoms with Crippen molar-refractivity contribution in [1.82, 2.24) is 10.6 Å². The van der Waals surface area contributed by atoms with E-state index < -0.39 is 0 Å². The molecule has 6 nitrogen and oxygen atoms in total. The molecule has 0 aromatic rings. The highest BCUT2D eigenvalue weighted by molar-refractivity contribution is 14.0. The molecule has 2 fully saturated rings. The van der Waals surface area contributed by atoms with Gasteiger partial charge in [0.15, 0.2) is 5.96 Å². The Morgan fingerprint density at radius 1 is 1.41 bits per heavy atom. The van der Waals surface area contributed by atoms with Crippen LogP contribution in [0.25, 0.3) is 0 Å². The van der Waals surface area contributed by atoms with E-state index >= 15 is 0 Å². The molecule has 0 spiro atoms. The lowest BCUT2D eigenvalue weighted by Crippen LogP contribution is -2.38. The summed E-state index contributed by atoms with van der Waals surface area (Å²) in [6, 6.07) is 0. The van der Waals surface area contributed by atoms with Gasteiger partial charge in [0.1, 0.15) is 0 Å². The van der Waals surface area contributed by atoms with Crippen LogP contribution in [0.2, 0.25) is 0 Å². The Balaban J connectivity index is 0.00000242. The molecule has 0 aromatic carbocycles. The molecule has 1 aliphatic carbocycles. The Labute approximate surface area is 150 Å². The van der Waals surface area contributed by atoms with Gasteiger partial charge in [-0.05, 0) is 32.6 Å².